The van der Waals surface area contributed by atoms with Gasteiger partial charge < -0.3 is 5.11 Å². The fourth-order valence-electron chi connectivity index (χ4n) is 2.60. The van der Waals surface area contributed by atoms with E-state index in [0.717, 1.165) is 11.1 Å². The standard InChI is InChI=1S/C20H19NO4S2/c1-13(2)27(24,25)21-18-10-11-26-19(18)17-12-15(20(22)23)8-9-16(17)14-6-4-3-5-7-14/h3-13,21H,1-2H3,(H,22,23). The largest absolute Gasteiger partial charge is 0.478 e. The second-order valence-corrected chi connectivity index (χ2v) is 9.44. The highest BCUT2D eigenvalue weighted by Crippen LogP contribution is 2.41. The summed E-state index contributed by atoms with van der Waals surface area (Å²) in [5, 5.41) is 10.6. The van der Waals surface area contributed by atoms with Gasteiger partial charge in [0.2, 0.25) is 10.0 Å². The zero-order chi connectivity index (χ0) is 19.6. The molecule has 2 N–H and O–H groups in total. The third-order valence-corrected chi connectivity index (χ3v) is 6.83. The molecule has 0 saturated carbocycles. The van der Waals surface area contributed by atoms with Crippen molar-refractivity contribution in [2.45, 2.75) is 19.1 Å². The van der Waals surface area contributed by atoms with Crippen molar-refractivity contribution in [3.05, 3.63) is 65.5 Å². The molecule has 1 aromatic heterocycles. The number of anilines is 1. The van der Waals surface area contributed by atoms with Gasteiger partial charge in [0, 0.05) is 5.56 Å². The van der Waals surface area contributed by atoms with Gasteiger partial charge in [-0.05, 0) is 48.6 Å². The van der Waals surface area contributed by atoms with Gasteiger partial charge in [-0.15, -0.1) is 11.3 Å². The van der Waals surface area contributed by atoms with Crippen molar-refractivity contribution in [2.75, 3.05) is 4.72 Å². The van der Waals surface area contributed by atoms with Crippen LogP contribution in [-0.4, -0.2) is 24.7 Å². The van der Waals surface area contributed by atoms with E-state index in [0.29, 0.717) is 16.1 Å². The van der Waals surface area contributed by atoms with Gasteiger partial charge in [-0.1, -0.05) is 36.4 Å². The first-order chi connectivity index (χ1) is 12.8. The zero-order valence-electron chi connectivity index (χ0n) is 14.8. The Morgan fingerprint density at radius 2 is 1.74 bits per heavy atom. The number of rotatable bonds is 6. The molecule has 3 rings (SSSR count). The summed E-state index contributed by atoms with van der Waals surface area (Å²) in [5.41, 5.74) is 3.05. The number of hydrogen-bond acceptors (Lipinski definition) is 4. The number of carboxylic acids is 1. The Hall–Kier alpha value is -2.64. The number of carboxylic acid groups (broad SMARTS) is 1. The van der Waals surface area contributed by atoms with Crippen LogP contribution in [-0.2, 0) is 10.0 Å². The minimum Gasteiger partial charge on any atom is -0.478 e. The van der Waals surface area contributed by atoms with Crippen LogP contribution in [0.25, 0.3) is 21.6 Å². The average molecular weight is 402 g/mol. The van der Waals surface area contributed by atoms with Crippen molar-refractivity contribution in [1.82, 2.24) is 0 Å². The van der Waals surface area contributed by atoms with Crippen molar-refractivity contribution in [3.63, 3.8) is 0 Å². The van der Waals surface area contributed by atoms with E-state index in [1.54, 1.807) is 43.5 Å². The third kappa shape index (κ3) is 4.04. The van der Waals surface area contributed by atoms with E-state index >= 15 is 0 Å². The van der Waals surface area contributed by atoms with Gasteiger partial charge in [-0.3, -0.25) is 4.72 Å². The highest BCUT2D eigenvalue weighted by molar-refractivity contribution is 7.93. The van der Waals surface area contributed by atoms with E-state index in [-0.39, 0.29) is 5.56 Å². The first kappa shape index (κ1) is 19.1. The van der Waals surface area contributed by atoms with Crippen molar-refractivity contribution in [2.24, 2.45) is 0 Å². The number of hydrogen-bond donors (Lipinski definition) is 2. The number of nitrogens with one attached hydrogen (secondary N) is 1. The number of aromatic carboxylic acids is 1. The first-order valence-corrected chi connectivity index (χ1v) is 10.7. The summed E-state index contributed by atoms with van der Waals surface area (Å²) in [4.78, 5) is 12.1. The van der Waals surface area contributed by atoms with Crippen molar-refractivity contribution < 1.29 is 18.3 Å². The van der Waals surface area contributed by atoms with Gasteiger partial charge in [0.1, 0.15) is 0 Å². The van der Waals surface area contributed by atoms with E-state index in [1.807, 2.05) is 30.3 Å². The topological polar surface area (TPSA) is 83.5 Å². The van der Waals surface area contributed by atoms with Crippen LogP contribution in [0.5, 0.6) is 0 Å². The highest BCUT2D eigenvalue weighted by atomic mass is 32.2. The molecule has 0 aliphatic rings. The number of carbonyl (C=O) groups is 1. The van der Waals surface area contributed by atoms with Gasteiger partial charge in [0.05, 0.1) is 21.4 Å². The molecule has 0 fully saturated rings. The van der Waals surface area contributed by atoms with Crippen molar-refractivity contribution in [3.8, 4) is 21.6 Å². The summed E-state index contributed by atoms with van der Waals surface area (Å²) in [6.07, 6.45) is 0. The van der Waals surface area contributed by atoms with Crippen LogP contribution in [0.3, 0.4) is 0 Å². The quantitative estimate of drug-likeness (QED) is 0.613. The molecular formula is C20H19NO4S2. The smallest absolute Gasteiger partial charge is 0.335 e. The van der Waals surface area contributed by atoms with Gasteiger partial charge in [-0.25, -0.2) is 13.2 Å². The van der Waals surface area contributed by atoms with Crippen LogP contribution in [0.4, 0.5) is 5.69 Å². The molecule has 0 amide bonds. The van der Waals surface area contributed by atoms with E-state index in [9.17, 15) is 18.3 Å². The average Bonchev–Trinajstić information content (AvgIpc) is 3.09. The summed E-state index contributed by atoms with van der Waals surface area (Å²) in [6, 6.07) is 16.2. The second kappa shape index (κ2) is 7.54. The van der Waals surface area contributed by atoms with Crippen LogP contribution < -0.4 is 4.72 Å². The molecule has 1 heterocycles. The Labute approximate surface area is 162 Å². The molecule has 140 valence electrons. The maximum atomic E-state index is 12.3. The van der Waals surface area contributed by atoms with Crippen LogP contribution in [0, 0.1) is 0 Å². The maximum Gasteiger partial charge on any atom is 0.335 e. The lowest BCUT2D eigenvalue weighted by molar-refractivity contribution is 0.0697. The summed E-state index contributed by atoms with van der Waals surface area (Å²) in [6.45, 7) is 3.21. The van der Waals surface area contributed by atoms with Gasteiger partial charge in [0.15, 0.2) is 0 Å². The number of thiophene rings is 1. The molecule has 0 saturated heterocycles. The fourth-order valence-corrected chi connectivity index (χ4v) is 4.26. The van der Waals surface area contributed by atoms with E-state index in [1.165, 1.54) is 11.3 Å². The molecule has 0 atom stereocenters. The Kier molecular flexibility index (Phi) is 5.34. The molecule has 0 spiro atoms. The van der Waals surface area contributed by atoms with E-state index < -0.39 is 21.2 Å². The normalized spacial score (nSPS) is 11.5. The fraction of sp³-hybridized carbons (Fsp3) is 0.150. The highest BCUT2D eigenvalue weighted by Gasteiger charge is 2.21. The van der Waals surface area contributed by atoms with Crippen molar-refractivity contribution >= 4 is 33.0 Å². The number of benzene rings is 2. The number of sulfonamides is 1. The summed E-state index contributed by atoms with van der Waals surface area (Å²) >= 11 is 1.36. The summed E-state index contributed by atoms with van der Waals surface area (Å²) in [7, 11) is -3.52. The molecule has 0 unspecified atom stereocenters. The molecule has 2 aromatic carbocycles. The van der Waals surface area contributed by atoms with Gasteiger partial charge >= 0.3 is 5.97 Å². The Bertz CT molecular complexity index is 1070. The first-order valence-electron chi connectivity index (χ1n) is 8.32. The molecule has 0 bridgehead atoms. The van der Waals surface area contributed by atoms with Gasteiger partial charge in [0.25, 0.3) is 0 Å². The summed E-state index contributed by atoms with van der Waals surface area (Å²) in [5.74, 6) is -1.03. The molecule has 0 aliphatic carbocycles. The molecule has 3 aromatic rings. The van der Waals surface area contributed by atoms with Crippen molar-refractivity contribution in [1.29, 1.82) is 0 Å². The second-order valence-electron chi connectivity index (χ2n) is 6.29. The van der Waals surface area contributed by atoms with Crippen LogP contribution >= 0.6 is 11.3 Å². The Morgan fingerprint density at radius 3 is 2.37 bits per heavy atom. The van der Waals surface area contributed by atoms with E-state index in [2.05, 4.69) is 4.72 Å². The Morgan fingerprint density at radius 1 is 1.04 bits per heavy atom. The lowest BCUT2D eigenvalue weighted by atomic mass is 9.96. The molecule has 5 nitrogen and oxygen atoms in total. The minimum absolute atomic E-state index is 0.149. The molecule has 0 radical (unpaired) electrons. The molecule has 27 heavy (non-hydrogen) atoms. The lowest BCUT2D eigenvalue weighted by Crippen LogP contribution is -2.22. The minimum atomic E-state index is -3.52. The zero-order valence-corrected chi connectivity index (χ0v) is 16.5. The predicted octanol–water partition coefficient (Wildman–Crippen LogP) is 4.93. The molecular weight excluding hydrogens is 382 g/mol. The monoisotopic (exact) mass is 401 g/mol. The SMILES string of the molecule is CC(C)S(=O)(=O)Nc1ccsc1-c1cc(C(=O)O)ccc1-c1ccccc1. The van der Waals surface area contributed by atoms with Gasteiger partial charge in [-0.2, -0.15) is 0 Å². The van der Waals surface area contributed by atoms with Crippen LogP contribution in [0.2, 0.25) is 0 Å². The predicted molar refractivity (Wildman–Crippen MR) is 110 cm³/mol. The molecule has 7 heteroatoms. The summed E-state index contributed by atoms with van der Waals surface area (Å²) < 4.78 is 27.2. The third-order valence-electron chi connectivity index (χ3n) is 4.13. The van der Waals surface area contributed by atoms with Crippen LogP contribution in [0.1, 0.15) is 24.2 Å². The van der Waals surface area contributed by atoms with E-state index in [4.69, 9.17) is 0 Å². The Balaban J connectivity index is 2.18. The molecule has 0 aliphatic heterocycles. The maximum absolute atomic E-state index is 12.3. The lowest BCUT2D eigenvalue weighted by Gasteiger charge is -2.14. The van der Waals surface area contributed by atoms with Crippen LogP contribution in [0.15, 0.2) is 60.0 Å².